The average molecular weight is 321 g/mol. The van der Waals surface area contributed by atoms with Gasteiger partial charge in [-0.15, -0.1) is 11.6 Å². The lowest BCUT2D eigenvalue weighted by Crippen LogP contribution is -2.27. The molecule has 1 atom stereocenters. The Labute approximate surface area is 112 Å². The number of rotatable bonds is 2. The van der Waals surface area contributed by atoms with Gasteiger partial charge < -0.3 is 5.01 Å². The molecular weight excluding hydrogens is 308 g/mol. The summed E-state index contributed by atoms with van der Waals surface area (Å²) < 4.78 is 15.8. The summed E-state index contributed by atoms with van der Waals surface area (Å²) in [5.41, 5.74) is 1.42. The van der Waals surface area contributed by atoms with Crippen molar-refractivity contribution >= 4 is 38.6 Å². The first-order chi connectivity index (χ1) is 7.91. The van der Waals surface area contributed by atoms with Gasteiger partial charge in [-0.05, 0) is 28.9 Å². The average Bonchev–Trinajstić information content (AvgIpc) is 2.57. The Bertz CT molecular complexity index is 565. The molecule has 1 aromatic carbocycles. The minimum Gasteiger partial charge on any atom is -0.317 e. The van der Waals surface area contributed by atoms with Gasteiger partial charge in [0.2, 0.25) is 0 Å². The fraction of sp³-hybridized carbons (Fsp3) is 0.364. The number of halogens is 3. The van der Waals surface area contributed by atoms with E-state index in [0.29, 0.717) is 15.8 Å². The minimum absolute atomic E-state index is 0.244. The molecular formula is C11H12BrClFN3. The Morgan fingerprint density at radius 3 is 2.65 bits per heavy atom. The third kappa shape index (κ3) is 2.13. The molecule has 0 saturated heterocycles. The molecule has 17 heavy (non-hydrogen) atoms. The van der Waals surface area contributed by atoms with Crippen LogP contribution in [0.3, 0.4) is 0 Å². The van der Waals surface area contributed by atoms with E-state index in [-0.39, 0.29) is 11.2 Å². The van der Waals surface area contributed by atoms with Crippen LogP contribution in [0.2, 0.25) is 0 Å². The second-order valence-electron chi connectivity index (χ2n) is 4.00. The van der Waals surface area contributed by atoms with Gasteiger partial charge in [0.05, 0.1) is 20.9 Å². The van der Waals surface area contributed by atoms with E-state index < -0.39 is 0 Å². The summed E-state index contributed by atoms with van der Waals surface area (Å²) in [5, 5.41) is 1.59. The minimum atomic E-state index is -0.311. The van der Waals surface area contributed by atoms with Crippen LogP contribution in [0.15, 0.2) is 16.6 Å². The lowest BCUT2D eigenvalue weighted by Gasteiger charge is -2.19. The van der Waals surface area contributed by atoms with E-state index in [1.165, 1.54) is 6.07 Å². The van der Waals surface area contributed by atoms with Gasteiger partial charge in [-0.2, -0.15) is 0 Å². The van der Waals surface area contributed by atoms with Crippen LogP contribution in [-0.2, 0) is 0 Å². The number of hydrogen-bond acceptors (Lipinski definition) is 2. The maximum atomic E-state index is 13.6. The van der Waals surface area contributed by atoms with Crippen LogP contribution in [-0.4, -0.2) is 23.8 Å². The SMILES string of the molecule is CC(Cl)c1nc2cc(Br)c(F)cc2n1N(C)C. The Hall–Kier alpha value is -0.810. The van der Waals surface area contributed by atoms with Crippen LogP contribution in [0.4, 0.5) is 4.39 Å². The quantitative estimate of drug-likeness (QED) is 0.791. The van der Waals surface area contributed by atoms with E-state index in [1.54, 1.807) is 6.07 Å². The predicted octanol–water partition coefficient (Wildman–Crippen LogP) is 3.44. The molecule has 0 aliphatic rings. The van der Waals surface area contributed by atoms with Gasteiger partial charge in [0.15, 0.2) is 0 Å². The van der Waals surface area contributed by atoms with Crippen molar-refractivity contribution in [2.75, 3.05) is 19.1 Å². The number of fused-ring (bicyclic) bond motifs is 1. The van der Waals surface area contributed by atoms with Gasteiger partial charge in [0.1, 0.15) is 11.6 Å². The Balaban J connectivity index is 2.80. The van der Waals surface area contributed by atoms with Crippen molar-refractivity contribution in [1.82, 2.24) is 9.66 Å². The van der Waals surface area contributed by atoms with Crippen molar-refractivity contribution in [3.63, 3.8) is 0 Å². The summed E-state index contributed by atoms with van der Waals surface area (Å²) in [6.07, 6.45) is 0. The highest BCUT2D eigenvalue weighted by Crippen LogP contribution is 2.28. The van der Waals surface area contributed by atoms with Gasteiger partial charge in [-0.1, -0.05) is 0 Å². The maximum absolute atomic E-state index is 13.6. The number of hydrogen-bond donors (Lipinski definition) is 0. The molecule has 0 radical (unpaired) electrons. The molecule has 1 unspecified atom stereocenters. The molecule has 2 rings (SSSR count). The molecule has 3 nitrogen and oxygen atoms in total. The largest absolute Gasteiger partial charge is 0.317 e. The molecule has 0 aliphatic carbocycles. The van der Waals surface area contributed by atoms with E-state index in [9.17, 15) is 4.39 Å². The molecule has 0 bridgehead atoms. The Morgan fingerprint density at radius 2 is 2.12 bits per heavy atom. The lowest BCUT2D eigenvalue weighted by atomic mass is 10.3. The standard InChI is InChI=1S/C11H12BrClFN3/c1-6(13)11-15-9-4-7(12)8(14)5-10(9)17(11)16(2)3/h4-6H,1-3H3. The van der Waals surface area contributed by atoms with E-state index in [1.807, 2.05) is 30.7 Å². The fourth-order valence-corrected chi connectivity index (χ4v) is 2.23. The topological polar surface area (TPSA) is 21.1 Å². The van der Waals surface area contributed by atoms with Crippen molar-refractivity contribution in [1.29, 1.82) is 0 Å². The first-order valence-electron chi connectivity index (χ1n) is 5.11. The van der Waals surface area contributed by atoms with Crippen molar-refractivity contribution in [2.24, 2.45) is 0 Å². The summed E-state index contributed by atoms with van der Waals surface area (Å²) in [5.74, 6) is 0.387. The molecule has 1 aromatic heterocycles. The van der Waals surface area contributed by atoms with E-state index in [0.717, 1.165) is 5.52 Å². The van der Waals surface area contributed by atoms with Crippen LogP contribution in [0, 0.1) is 5.82 Å². The molecule has 0 amide bonds. The third-order valence-electron chi connectivity index (χ3n) is 2.45. The van der Waals surface area contributed by atoms with Crippen LogP contribution in [0.25, 0.3) is 11.0 Å². The number of imidazole rings is 1. The third-order valence-corrected chi connectivity index (χ3v) is 3.26. The second-order valence-corrected chi connectivity index (χ2v) is 5.51. The van der Waals surface area contributed by atoms with Crippen LogP contribution in [0.1, 0.15) is 18.1 Å². The maximum Gasteiger partial charge on any atom is 0.146 e. The number of nitrogens with zero attached hydrogens (tertiary/aromatic N) is 3. The second kappa shape index (κ2) is 4.46. The lowest BCUT2D eigenvalue weighted by molar-refractivity contribution is 0.620. The zero-order valence-electron chi connectivity index (χ0n) is 9.71. The summed E-state index contributed by atoms with van der Waals surface area (Å²) in [6.45, 7) is 1.84. The Morgan fingerprint density at radius 1 is 1.47 bits per heavy atom. The Kier molecular flexibility index (Phi) is 3.32. The van der Waals surface area contributed by atoms with Crippen molar-refractivity contribution in [3.8, 4) is 0 Å². The normalized spacial score (nSPS) is 13.1. The van der Waals surface area contributed by atoms with E-state index in [4.69, 9.17) is 11.6 Å². The molecule has 0 fully saturated rings. The predicted molar refractivity (Wildman–Crippen MR) is 71.7 cm³/mol. The number of aromatic nitrogens is 2. The smallest absolute Gasteiger partial charge is 0.146 e. The number of alkyl halides is 1. The van der Waals surface area contributed by atoms with Crippen molar-refractivity contribution in [2.45, 2.75) is 12.3 Å². The monoisotopic (exact) mass is 319 g/mol. The zero-order valence-corrected chi connectivity index (χ0v) is 12.0. The summed E-state index contributed by atoms with van der Waals surface area (Å²) in [6, 6.07) is 3.11. The van der Waals surface area contributed by atoms with Gasteiger partial charge in [0.25, 0.3) is 0 Å². The van der Waals surface area contributed by atoms with E-state index >= 15 is 0 Å². The van der Waals surface area contributed by atoms with Crippen molar-refractivity contribution < 1.29 is 4.39 Å². The highest BCUT2D eigenvalue weighted by molar-refractivity contribution is 9.10. The van der Waals surface area contributed by atoms with Gasteiger partial charge in [-0.25, -0.2) is 14.1 Å². The number of benzene rings is 1. The molecule has 92 valence electrons. The first-order valence-corrected chi connectivity index (χ1v) is 6.34. The summed E-state index contributed by atoms with van der Waals surface area (Å²) >= 11 is 9.24. The molecule has 0 saturated carbocycles. The van der Waals surface area contributed by atoms with Gasteiger partial charge in [-0.3, -0.25) is 0 Å². The molecule has 2 aromatic rings. The molecule has 6 heteroatoms. The zero-order chi connectivity index (χ0) is 12.7. The molecule has 0 N–H and O–H groups in total. The molecule has 0 aliphatic heterocycles. The summed E-state index contributed by atoms with van der Waals surface area (Å²) in [7, 11) is 3.73. The van der Waals surface area contributed by atoms with Gasteiger partial charge >= 0.3 is 0 Å². The van der Waals surface area contributed by atoms with E-state index in [2.05, 4.69) is 20.9 Å². The van der Waals surface area contributed by atoms with Gasteiger partial charge in [0, 0.05) is 20.2 Å². The fourth-order valence-electron chi connectivity index (χ4n) is 1.76. The highest BCUT2D eigenvalue weighted by Gasteiger charge is 2.17. The van der Waals surface area contributed by atoms with Crippen molar-refractivity contribution in [3.05, 3.63) is 28.2 Å². The summed E-state index contributed by atoms with van der Waals surface area (Å²) in [4.78, 5) is 4.43. The van der Waals surface area contributed by atoms with Crippen LogP contribution in [0.5, 0.6) is 0 Å². The molecule has 1 heterocycles. The van der Waals surface area contributed by atoms with Crippen LogP contribution < -0.4 is 5.01 Å². The molecule has 0 spiro atoms. The highest BCUT2D eigenvalue weighted by atomic mass is 79.9. The van der Waals surface area contributed by atoms with Crippen LogP contribution >= 0.6 is 27.5 Å². The first kappa shape index (κ1) is 12.6.